The van der Waals surface area contributed by atoms with Crippen LogP contribution >= 0.6 is 15.9 Å². The molecule has 2 rings (SSSR count). The standard InChI is InChI=1S/C14H15BrN2O/c1-17(9-11-6-13(15)7-11)14(18)12-4-2-3-10(5-12)8-16/h2-5,11,13H,6-7,9H2,1H3. The number of carbonyl (C=O) groups is 1. The summed E-state index contributed by atoms with van der Waals surface area (Å²) in [6.07, 6.45) is 2.27. The van der Waals surface area contributed by atoms with Gasteiger partial charge in [-0.1, -0.05) is 22.0 Å². The Morgan fingerprint density at radius 2 is 2.28 bits per heavy atom. The lowest BCUT2D eigenvalue weighted by atomic mass is 9.85. The number of hydrogen-bond acceptors (Lipinski definition) is 2. The fourth-order valence-corrected chi connectivity index (χ4v) is 3.27. The number of alkyl halides is 1. The van der Waals surface area contributed by atoms with E-state index in [1.807, 2.05) is 7.05 Å². The summed E-state index contributed by atoms with van der Waals surface area (Å²) in [5, 5.41) is 8.82. The van der Waals surface area contributed by atoms with Crippen molar-refractivity contribution in [3.63, 3.8) is 0 Å². The Kier molecular flexibility index (Phi) is 4.03. The molecular formula is C14H15BrN2O. The number of rotatable bonds is 3. The summed E-state index contributed by atoms with van der Waals surface area (Å²) in [5.74, 6) is 0.590. The Labute approximate surface area is 116 Å². The van der Waals surface area contributed by atoms with Crippen LogP contribution in [0, 0.1) is 17.2 Å². The van der Waals surface area contributed by atoms with E-state index in [2.05, 4.69) is 22.0 Å². The van der Waals surface area contributed by atoms with Crippen LogP contribution < -0.4 is 0 Å². The highest BCUT2D eigenvalue weighted by molar-refractivity contribution is 9.09. The number of halogens is 1. The number of nitrogens with zero attached hydrogens (tertiary/aromatic N) is 2. The van der Waals surface area contributed by atoms with E-state index in [4.69, 9.17) is 5.26 Å². The van der Waals surface area contributed by atoms with Gasteiger partial charge in [0.25, 0.3) is 5.91 Å². The van der Waals surface area contributed by atoms with E-state index in [1.54, 1.807) is 29.2 Å². The Morgan fingerprint density at radius 3 is 2.89 bits per heavy atom. The first-order valence-electron chi connectivity index (χ1n) is 6.00. The van der Waals surface area contributed by atoms with Crippen molar-refractivity contribution < 1.29 is 4.79 Å². The van der Waals surface area contributed by atoms with Crippen LogP contribution in [0.15, 0.2) is 24.3 Å². The summed E-state index contributed by atoms with van der Waals surface area (Å²) in [7, 11) is 1.82. The van der Waals surface area contributed by atoms with E-state index in [0.717, 1.165) is 19.4 Å². The molecule has 1 saturated carbocycles. The molecule has 0 aliphatic heterocycles. The van der Waals surface area contributed by atoms with E-state index < -0.39 is 0 Å². The first-order chi connectivity index (χ1) is 8.60. The summed E-state index contributed by atoms with van der Waals surface area (Å²) >= 11 is 3.55. The third-order valence-electron chi connectivity index (χ3n) is 3.30. The maximum atomic E-state index is 12.2. The molecule has 0 saturated heterocycles. The van der Waals surface area contributed by atoms with Crippen molar-refractivity contribution >= 4 is 21.8 Å². The smallest absolute Gasteiger partial charge is 0.253 e. The number of benzene rings is 1. The molecule has 0 unspecified atom stereocenters. The molecule has 0 N–H and O–H groups in total. The second-order valence-corrected chi connectivity index (χ2v) is 6.11. The second-order valence-electron chi connectivity index (χ2n) is 4.81. The van der Waals surface area contributed by atoms with Gasteiger partial charge >= 0.3 is 0 Å². The van der Waals surface area contributed by atoms with Gasteiger partial charge in [-0.25, -0.2) is 0 Å². The molecule has 1 aromatic rings. The number of nitriles is 1. The molecule has 0 spiro atoms. The summed E-state index contributed by atoms with van der Waals surface area (Å²) in [6.45, 7) is 0.789. The number of carbonyl (C=O) groups excluding carboxylic acids is 1. The van der Waals surface area contributed by atoms with E-state index in [1.165, 1.54) is 0 Å². The lowest BCUT2D eigenvalue weighted by Gasteiger charge is -2.34. The van der Waals surface area contributed by atoms with Crippen molar-refractivity contribution in [3.8, 4) is 6.07 Å². The van der Waals surface area contributed by atoms with Gasteiger partial charge in [-0.2, -0.15) is 5.26 Å². The average molecular weight is 307 g/mol. The molecule has 0 bridgehead atoms. The largest absolute Gasteiger partial charge is 0.341 e. The molecule has 1 fully saturated rings. The van der Waals surface area contributed by atoms with Gasteiger partial charge < -0.3 is 4.90 Å². The van der Waals surface area contributed by atoms with Crippen LogP contribution in [0.1, 0.15) is 28.8 Å². The second kappa shape index (κ2) is 5.53. The SMILES string of the molecule is CN(CC1CC(Br)C1)C(=O)c1cccc(C#N)c1. The molecule has 3 nitrogen and oxygen atoms in total. The van der Waals surface area contributed by atoms with Crippen LogP contribution in [0.5, 0.6) is 0 Å². The number of amides is 1. The Balaban J connectivity index is 1.99. The summed E-state index contributed by atoms with van der Waals surface area (Å²) < 4.78 is 0. The maximum Gasteiger partial charge on any atom is 0.253 e. The van der Waals surface area contributed by atoms with Gasteiger partial charge in [-0.05, 0) is 37.0 Å². The first-order valence-corrected chi connectivity index (χ1v) is 6.91. The van der Waals surface area contributed by atoms with Crippen molar-refractivity contribution in [1.29, 1.82) is 5.26 Å². The van der Waals surface area contributed by atoms with Crippen LogP contribution in [0.3, 0.4) is 0 Å². The lowest BCUT2D eigenvalue weighted by molar-refractivity contribution is 0.0748. The van der Waals surface area contributed by atoms with Gasteiger partial charge in [-0.3, -0.25) is 4.79 Å². The molecule has 18 heavy (non-hydrogen) atoms. The highest BCUT2D eigenvalue weighted by Crippen LogP contribution is 2.33. The average Bonchev–Trinajstić information content (AvgIpc) is 2.36. The molecular weight excluding hydrogens is 292 g/mol. The van der Waals surface area contributed by atoms with Crippen molar-refractivity contribution in [2.75, 3.05) is 13.6 Å². The van der Waals surface area contributed by atoms with Crippen molar-refractivity contribution in [3.05, 3.63) is 35.4 Å². The van der Waals surface area contributed by atoms with E-state index in [9.17, 15) is 4.79 Å². The zero-order valence-electron chi connectivity index (χ0n) is 10.3. The van der Waals surface area contributed by atoms with Gasteiger partial charge in [0.1, 0.15) is 0 Å². The topological polar surface area (TPSA) is 44.1 Å². The lowest BCUT2D eigenvalue weighted by Crippen LogP contribution is -2.37. The minimum atomic E-state index is -0.00915. The van der Waals surface area contributed by atoms with Crippen LogP contribution in [-0.2, 0) is 0 Å². The highest BCUT2D eigenvalue weighted by Gasteiger charge is 2.28. The molecule has 0 radical (unpaired) electrons. The molecule has 1 aliphatic carbocycles. The molecule has 1 aliphatic rings. The monoisotopic (exact) mass is 306 g/mol. The predicted molar refractivity (Wildman–Crippen MR) is 73.6 cm³/mol. The van der Waals surface area contributed by atoms with E-state index >= 15 is 0 Å². The van der Waals surface area contributed by atoms with E-state index in [-0.39, 0.29) is 5.91 Å². The minimum absolute atomic E-state index is 0.00915. The molecule has 1 aromatic carbocycles. The molecule has 0 aromatic heterocycles. The van der Waals surface area contributed by atoms with Crippen LogP contribution in [0.2, 0.25) is 0 Å². The Morgan fingerprint density at radius 1 is 1.56 bits per heavy atom. The fourth-order valence-electron chi connectivity index (χ4n) is 2.22. The molecule has 0 heterocycles. The minimum Gasteiger partial charge on any atom is -0.341 e. The summed E-state index contributed by atoms with van der Waals surface area (Å²) in [5.41, 5.74) is 1.12. The van der Waals surface area contributed by atoms with Gasteiger partial charge in [-0.15, -0.1) is 0 Å². The van der Waals surface area contributed by atoms with E-state index in [0.29, 0.717) is 21.9 Å². The molecule has 4 heteroatoms. The van der Waals surface area contributed by atoms with Crippen LogP contribution in [0.25, 0.3) is 0 Å². The molecule has 94 valence electrons. The van der Waals surface area contributed by atoms with Crippen LogP contribution in [-0.4, -0.2) is 29.2 Å². The van der Waals surface area contributed by atoms with Crippen molar-refractivity contribution in [1.82, 2.24) is 4.90 Å². The molecule has 0 atom stereocenters. The zero-order chi connectivity index (χ0) is 13.1. The Hall–Kier alpha value is -1.34. The predicted octanol–water partition coefficient (Wildman–Crippen LogP) is 2.80. The third-order valence-corrected chi connectivity index (χ3v) is 4.04. The van der Waals surface area contributed by atoms with Crippen molar-refractivity contribution in [2.24, 2.45) is 5.92 Å². The normalized spacial score (nSPS) is 21.8. The van der Waals surface area contributed by atoms with Gasteiger partial charge in [0, 0.05) is 24.0 Å². The zero-order valence-corrected chi connectivity index (χ0v) is 11.9. The van der Waals surface area contributed by atoms with Crippen molar-refractivity contribution in [2.45, 2.75) is 17.7 Å². The summed E-state index contributed by atoms with van der Waals surface area (Å²) in [4.78, 5) is 14.5. The highest BCUT2D eigenvalue weighted by atomic mass is 79.9. The van der Waals surface area contributed by atoms with Gasteiger partial charge in [0.2, 0.25) is 0 Å². The number of hydrogen-bond donors (Lipinski definition) is 0. The third kappa shape index (κ3) is 2.91. The summed E-state index contributed by atoms with van der Waals surface area (Å²) in [6, 6.07) is 8.91. The first kappa shape index (κ1) is 13.1. The van der Waals surface area contributed by atoms with Gasteiger partial charge in [0.15, 0.2) is 0 Å². The maximum absolute atomic E-state index is 12.2. The van der Waals surface area contributed by atoms with Crippen LogP contribution in [0.4, 0.5) is 0 Å². The molecule has 1 amide bonds. The quantitative estimate of drug-likeness (QED) is 0.806. The van der Waals surface area contributed by atoms with Gasteiger partial charge in [0.05, 0.1) is 11.6 Å². The fraction of sp³-hybridized carbons (Fsp3) is 0.429. The Bertz CT molecular complexity index is 489.